The quantitative estimate of drug-likeness (QED) is 0.853. The number of hydrogen-bond acceptors (Lipinski definition) is 2. The van der Waals surface area contributed by atoms with Crippen molar-refractivity contribution in [2.75, 3.05) is 12.3 Å². The van der Waals surface area contributed by atoms with Crippen LogP contribution in [0.5, 0.6) is 0 Å². The van der Waals surface area contributed by atoms with Crippen LogP contribution in [0.25, 0.3) is 0 Å². The van der Waals surface area contributed by atoms with Crippen molar-refractivity contribution in [1.29, 1.82) is 0 Å². The van der Waals surface area contributed by atoms with E-state index >= 15 is 0 Å². The Kier molecular flexibility index (Phi) is 5.05. The van der Waals surface area contributed by atoms with E-state index in [1.807, 2.05) is 31.2 Å². The molecule has 2 rings (SSSR count). The molecule has 1 aromatic carbocycles. The molecule has 1 aliphatic heterocycles. The summed E-state index contributed by atoms with van der Waals surface area (Å²) in [6.45, 7) is 5.10. The molecule has 110 valence electrons. The molecule has 0 aromatic heterocycles. The van der Waals surface area contributed by atoms with Crippen molar-refractivity contribution in [2.24, 2.45) is 0 Å². The summed E-state index contributed by atoms with van der Waals surface area (Å²) < 4.78 is 0. The molecule has 1 amide bonds. The third-order valence-electron chi connectivity index (χ3n) is 4.31. The molecule has 0 aliphatic carbocycles. The van der Waals surface area contributed by atoms with Gasteiger partial charge < -0.3 is 10.6 Å². The summed E-state index contributed by atoms with van der Waals surface area (Å²) in [5.74, 6) is 0.157. The van der Waals surface area contributed by atoms with Gasteiger partial charge in [0.1, 0.15) is 0 Å². The second kappa shape index (κ2) is 6.78. The summed E-state index contributed by atoms with van der Waals surface area (Å²) in [5.41, 5.74) is 7.58. The number of hydrogen-bond donors (Lipinski definition) is 1. The van der Waals surface area contributed by atoms with Crippen LogP contribution >= 0.6 is 0 Å². The van der Waals surface area contributed by atoms with Crippen molar-refractivity contribution in [2.45, 2.75) is 57.9 Å². The molecular weight excluding hydrogens is 248 g/mol. The molecule has 1 saturated heterocycles. The van der Waals surface area contributed by atoms with E-state index in [2.05, 4.69) is 11.8 Å². The molecule has 2 unspecified atom stereocenters. The van der Waals surface area contributed by atoms with Gasteiger partial charge in [0.2, 0.25) is 5.91 Å². The molecule has 0 radical (unpaired) electrons. The van der Waals surface area contributed by atoms with Crippen molar-refractivity contribution in [1.82, 2.24) is 4.90 Å². The van der Waals surface area contributed by atoms with E-state index in [1.165, 1.54) is 6.42 Å². The predicted octanol–water partition coefficient (Wildman–Crippen LogP) is 3.55. The Labute approximate surface area is 122 Å². The zero-order valence-corrected chi connectivity index (χ0v) is 12.6. The molecule has 1 fully saturated rings. The summed E-state index contributed by atoms with van der Waals surface area (Å²) in [7, 11) is 0. The number of carbonyl (C=O) groups excluding carboxylic acids is 1. The van der Waals surface area contributed by atoms with E-state index in [4.69, 9.17) is 5.73 Å². The van der Waals surface area contributed by atoms with Crippen molar-refractivity contribution in [3.8, 4) is 0 Å². The van der Waals surface area contributed by atoms with Crippen molar-refractivity contribution < 1.29 is 4.79 Å². The SMILES string of the molecule is CCCC1CCCCN1C(=O)C(C)c1cccc(N)c1. The third kappa shape index (κ3) is 3.33. The van der Waals surface area contributed by atoms with E-state index in [0.717, 1.165) is 43.5 Å². The highest BCUT2D eigenvalue weighted by Gasteiger charge is 2.29. The van der Waals surface area contributed by atoms with Gasteiger partial charge in [0.05, 0.1) is 5.92 Å². The normalized spacial score (nSPS) is 20.7. The Morgan fingerprint density at radius 1 is 1.45 bits per heavy atom. The van der Waals surface area contributed by atoms with Crippen LogP contribution in [-0.2, 0) is 4.79 Å². The third-order valence-corrected chi connectivity index (χ3v) is 4.31. The van der Waals surface area contributed by atoms with Crippen LogP contribution in [0.2, 0.25) is 0 Å². The van der Waals surface area contributed by atoms with Crippen LogP contribution in [0.3, 0.4) is 0 Å². The maximum Gasteiger partial charge on any atom is 0.230 e. The molecule has 0 spiro atoms. The van der Waals surface area contributed by atoms with Gasteiger partial charge in [0.15, 0.2) is 0 Å². The van der Waals surface area contributed by atoms with Crippen molar-refractivity contribution in [3.63, 3.8) is 0 Å². The standard InChI is InChI=1S/C17H26N2O/c1-3-7-16-10-4-5-11-19(16)17(20)13(2)14-8-6-9-15(18)12-14/h6,8-9,12-13,16H,3-5,7,10-11,18H2,1-2H3. The zero-order valence-electron chi connectivity index (χ0n) is 12.6. The summed E-state index contributed by atoms with van der Waals surface area (Å²) >= 11 is 0. The van der Waals surface area contributed by atoms with Crippen LogP contribution in [0, 0.1) is 0 Å². The van der Waals surface area contributed by atoms with Gasteiger partial charge in [-0.15, -0.1) is 0 Å². The first-order valence-electron chi connectivity index (χ1n) is 7.79. The maximum atomic E-state index is 12.8. The molecule has 2 atom stereocenters. The van der Waals surface area contributed by atoms with Gasteiger partial charge in [-0.2, -0.15) is 0 Å². The highest BCUT2D eigenvalue weighted by atomic mass is 16.2. The molecule has 0 saturated carbocycles. The number of nitrogen functional groups attached to an aromatic ring is 1. The smallest absolute Gasteiger partial charge is 0.230 e. The van der Waals surface area contributed by atoms with Gasteiger partial charge in [-0.1, -0.05) is 25.5 Å². The average Bonchev–Trinajstić information content (AvgIpc) is 2.47. The van der Waals surface area contributed by atoms with E-state index in [-0.39, 0.29) is 11.8 Å². The number of benzene rings is 1. The lowest BCUT2D eigenvalue weighted by Gasteiger charge is -2.37. The Morgan fingerprint density at radius 2 is 2.25 bits per heavy atom. The zero-order chi connectivity index (χ0) is 14.5. The summed E-state index contributed by atoms with van der Waals surface area (Å²) in [6, 6.07) is 8.14. The number of likely N-dealkylation sites (tertiary alicyclic amines) is 1. The van der Waals surface area contributed by atoms with Gasteiger partial charge in [-0.25, -0.2) is 0 Å². The molecule has 20 heavy (non-hydrogen) atoms. The van der Waals surface area contributed by atoms with Crippen LogP contribution in [-0.4, -0.2) is 23.4 Å². The molecule has 1 aliphatic rings. The molecule has 1 heterocycles. The Balaban J connectivity index is 2.12. The van der Waals surface area contributed by atoms with Gasteiger partial charge in [0, 0.05) is 18.3 Å². The average molecular weight is 274 g/mol. The number of amides is 1. The molecule has 3 nitrogen and oxygen atoms in total. The molecular formula is C17H26N2O. The fourth-order valence-electron chi connectivity index (χ4n) is 3.14. The van der Waals surface area contributed by atoms with Crippen LogP contribution < -0.4 is 5.73 Å². The van der Waals surface area contributed by atoms with Crippen LogP contribution in [0.1, 0.15) is 57.4 Å². The van der Waals surface area contributed by atoms with Gasteiger partial charge in [-0.3, -0.25) is 4.79 Å². The number of nitrogens with zero attached hydrogens (tertiary/aromatic N) is 1. The second-order valence-corrected chi connectivity index (χ2v) is 5.86. The van der Waals surface area contributed by atoms with Gasteiger partial charge in [-0.05, 0) is 50.3 Å². The van der Waals surface area contributed by atoms with Gasteiger partial charge in [0.25, 0.3) is 0 Å². The Hall–Kier alpha value is -1.51. The lowest BCUT2D eigenvalue weighted by molar-refractivity contribution is -0.136. The maximum absolute atomic E-state index is 12.8. The second-order valence-electron chi connectivity index (χ2n) is 5.86. The highest BCUT2D eigenvalue weighted by Crippen LogP contribution is 2.26. The summed E-state index contributed by atoms with van der Waals surface area (Å²) in [6.07, 6.45) is 5.80. The lowest BCUT2D eigenvalue weighted by atomic mass is 9.93. The number of rotatable bonds is 4. The summed E-state index contributed by atoms with van der Waals surface area (Å²) in [5, 5.41) is 0. The molecule has 3 heteroatoms. The topological polar surface area (TPSA) is 46.3 Å². The van der Waals surface area contributed by atoms with E-state index in [1.54, 1.807) is 0 Å². The number of piperidine rings is 1. The largest absolute Gasteiger partial charge is 0.399 e. The lowest BCUT2D eigenvalue weighted by Crippen LogP contribution is -2.45. The number of nitrogens with two attached hydrogens (primary N) is 1. The number of carbonyl (C=O) groups is 1. The van der Waals surface area contributed by atoms with Gasteiger partial charge >= 0.3 is 0 Å². The van der Waals surface area contributed by atoms with Crippen molar-refractivity contribution >= 4 is 11.6 Å². The van der Waals surface area contributed by atoms with Crippen LogP contribution in [0.4, 0.5) is 5.69 Å². The van der Waals surface area contributed by atoms with E-state index in [0.29, 0.717) is 6.04 Å². The summed E-state index contributed by atoms with van der Waals surface area (Å²) in [4.78, 5) is 14.9. The van der Waals surface area contributed by atoms with E-state index in [9.17, 15) is 4.79 Å². The fraction of sp³-hybridized carbons (Fsp3) is 0.588. The Morgan fingerprint density at radius 3 is 2.95 bits per heavy atom. The number of anilines is 1. The fourth-order valence-corrected chi connectivity index (χ4v) is 3.14. The molecule has 1 aromatic rings. The van der Waals surface area contributed by atoms with Crippen molar-refractivity contribution in [3.05, 3.63) is 29.8 Å². The first-order valence-corrected chi connectivity index (χ1v) is 7.79. The minimum Gasteiger partial charge on any atom is -0.399 e. The van der Waals surface area contributed by atoms with Crippen LogP contribution in [0.15, 0.2) is 24.3 Å². The first-order chi connectivity index (χ1) is 9.63. The monoisotopic (exact) mass is 274 g/mol. The first kappa shape index (κ1) is 14.9. The minimum absolute atomic E-state index is 0.101. The Bertz CT molecular complexity index is 456. The predicted molar refractivity (Wildman–Crippen MR) is 83.5 cm³/mol. The molecule has 0 bridgehead atoms. The highest BCUT2D eigenvalue weighted by molar-refractivity contribution is 5.84. The molecule has 2 N–H and O–H groups in total. The van der Waals surface area contributed by atoms with E-state index < -0.39 is 0 Å². The minimum atomic E-state index is -0.101.